The second-order valence-electron chi connectivity index (χ2n) is 8.79. The van der Waals surface area contributed by atoms with Gasteiger partial charge in [-0.2, -0.15) is 0 Å². The summed E-state index contributed by atoms with van der Waals surface area (Å²) in [6, 6.07) is 10.1. The number of nitrogens with zero attached hydrogens (tertiary/aromatic N) is 3. The summed E-state index contributed by atoms with van der Waals surface area (Å²) in [5.41, 5.74) is 5.33. The first-order valence-electron chi connectivity index (χ1n) is 11.8. The zero-order valence-electron chi connectivity index (χ0n) is 20.0. The maximum atomic E-state index is 6.01. The third-order valence-electron chi connectivity index (χ3n) is 6.56. The van der Waals surface area contributed by atoms with Gasteiger partial charge in [0.2, 0.25) is 0 Å². The number of anilines is 2. The van der Waals surface area contributed by atoms with Crippen molar-refractivity contribution >= 4 is 33.3 Å². The third-order valence-corrected chi connectivity index (χ3v) is 6.56. The number of fused-ring (bicyclic) bond motifs is 2. The largest absolute Gasteiger partial charge is 0.493 e. The van der Waals surface area contributed by atoms with Crippen LogP contribution in [0.25, 0.3) is 21.8 Å². The molecule has 3 heterocycles. The van der Waals surface area contributed by atoms with E-state index in [0.717, 1.165) is 34.5 Å². The van der Waals surface area contributed by atoms with Crippen molar-refractivity contribution < 1.29 is 9.47 Å². The Morgan fingerprint density at radius 1 is 1.03 bits per heavy atom. The number of likely N-dealkylation sites (tertiary alicyclic amines) is 1. The Hall–Kier alpha value is -3.58. The van der Waals surface area contributed by atoms with Crippen LogP contribution in [0, 0.1) is 13.8 Å². The van der Waals surface area contributed by atoms with Crippen molar-refractivity contribution in [2.24, 2.45) is 0 Å². The number of hydrogen-bond acceptors (Lipinski definition) is 6. The average molecular weight is 458 g/mol. The monoisotopic (exact) mass is 457 g/mol. The zero-order chi connectivity index (χ0) is 23.5. The minimum Gasteiger partial charge on any atom is -0.493 e. The number of methoxy groups -OCH3 is 1. The smallest absolute Gasteiger partial charge is 0.163 e. The average Bonchev–Trinajstić information content (AvgIpc) is 3.46. The summed E-state index contributed by atoms with van der Waals surface area (Å²) < 4.78 is 11.6. The highest BCUT2D eigenvalue weighted by atomic mass is 16.5. The van der Waals surface area contributed by atoms with E-state index in [0.29, 0.717) is 18.1 Å². The number of aryl methyl sites for hydroxylation is 2. The van der Waals surface area contributed by atoms with E-state index in [1.54, 1.807) is 13.4 Å². The molecule has 2 N–H and O–H groups in total. The molecule has 0 amide bonds. The van der Waals surface area contributed by atoms with Crippen molar-refractivity contribution in [3.8, 4) is 11.5 Å². The molecule has 176 valence electrons. The van der Waals surface area contributed by atoms with Crippen molar-refractivity contribution in [2.45, 2.75) is 26.7 Å². The molecule has 1 saturated heterocycles. The Bertz CT molecular complexity index is 1340. The van der Waals surface area contributed by atoms with Gasteiger partial charge in [0.1, 0.15) is 18.8 Å². The quantitative estimate of drug-likeness (QED) is 0.340. The lowest BCUT2D eigenvalue weighted by molar-refractivity contribution is 0.325. The van der Waals surface area contributed by atoms with E-state index in [-0.39, 0.29) is 0 Å². The van der Waals surface area contributed by atoms with Gasteiger partial charge in [-0.15, -0.1) is 0 Å². The number of H-pyrrole nitrogens is 1. The fraction of sp³-hybridized carbons (Fsp3) is 0.333. The van der Waals surface area contributed by atoms with Crippen LogP contribution in [0.5, 0.6) is 11.5 Å². The van der Waals surface area contributed by atoms with E-state index in [9.17, 15) is 0 Å². The molecule has 4 aromatic rings. The van der Waals surface area contributed by atoms with Crippen LogP contribution in [0.15, 0.2) is 48.8 Å². The number of aromatic nitrogens is 3. The number of nitrogens with one attached hydrogen (secondary N) is 2. The number of benzene rings is 2. The molecule has 0 spiro atoms. The predicted molar refractivity (Wildman–Crippen MR) is 137 cm³/mol. The maximum absolute atomic E-state index is 6.01. The lowest BCUT2D eigenvalue weighted by Gasteiger charge is -2.13. The summed E-state index contributed by atoms with van der Waals surface area (Å²) in [5, 5.41) is 5.53. The lowest BCUT2D eigenvalue weighted by Crippen LogP contribution is -2.18. The molecule has 1 aliphatic heterocycles. The van der Waals surface area contributed by atoms with Gasteiger partial charge in [0.15, 0.2) is 11.5 Å². The van der Waals surface area contributed by atoms with Crippen LogP contribution < -0.4 is 14.8 Å². The van der Waals surface area contributed by atoms with Crippen molar-refractivity contribution in [1.82, 2.24) is 19.9 Å². The normalized spacial score (nSPS) is 14.4. The van der Waals surface area contributed by atoms with Gasteiger partial charge >= 0.3 is 0 Å². The highest BCUT2D eigenvalue weighted by Crippen LogP contribution is 2.35. The minimum absolute atomic E-state index is 0.487. The van der Waals surface area contributed by atoms with Crippen molar-refractivity contribution in [2.75, 3.05) is 38.7 Å². The molecule has 0 radical (unpaired) electrons. The maximum Gasteiger partial charge on any atom is 0.163 e. The Labute approximate surface area is 199 Å². The second kappa shape index (κ2) is 9.73. The molecule has 2 aromatic carbocycles. The van der Waals surface area contributed by atoms with E-state index in [1.807, 2.05) is 12.1 Å². The van der Waals surface area contributed by atoms with E-state index in [1.165, 1.54) is 42.6 Å². The van der Waals surface area contributed by atoms with E-state index in [2.05, 4.69) is 69.4 Å². The third kappa shape index (κ3) is 4.56. The summed E-state index contributed by atoms with van der Waals surface area (Å²) >= 11 is 0. The summed E-state index contributed by atoms with van der Waals surface area (Å²) in [5.74, 6) is 2.06. The summed E-state index contributed by atoms with van der Waals surface area (Å²) in [6.45, 7) is 8.08. The first kappa shape index (κ1) is 22.2. The summed E-state index contributed by atoms with van der Waals surface area (Å²) in [4.78, 5) is 14.8. The first-order chi connectivity index (χ1) is 16.6. The van der Waals surface area contributed by atoms with Crippen LogP contribution in [0.2, 0.25) is 0 Å². The molecule has 0 aliphatic carbocycles. The molecule has 34 heavy (non-hydrogen) atoms. The van der Waals surface area contributed by atoms with E-state index in [4.69, 9.17) is 9.47 Å². The van der Waals surface area contributed by atoms with Crippen LogP contribution in [0.4, 0.5) is 11.5 Å². The summed E-state index contributed by atoms with van der Waals surface area (Å²) in [7, 11) is 1.65. The molecule has 0 bridgehead atoms. The lowest BCUT2D eigenvalue weighted by atomic mass is 10.1. The van der Waals surface area contributed by atoms with Gasteiger partial charge in [-0.05, 0) is 69.6 Å². The zero-order valence-corrected chi connectivity index (χ0v) is 20.0. The number of rotatable bonds is 8. The Kier molecular flexibility index (Phi) is 6.36. The van der Waals surface area contributed by atoms with Crippen LogP contribution >= 0.6 is 0 Å². The molecule has 7 heteroatoms. The van der Waals surface area contributed by atoms with Crippen molar-refractivity contribution in [3.05, 3.63) is 60.1 Å². The number of hydrogen-bond donors (Lipinski definition) is 2. The minimum atomic E-state index is 0.487. The Balaban J connectivity index is 1.35. The molecular weight excluding hydrogens is 426 g/mol. The molecule has 5 rings (SSSR count). The van der Waals surface area contributed by atoms with Crippen molar-refractivity contribution in [3.63, 3.8) is 0 Å². The van der Waals surface area contributed by atoms with Gasteiger partial charge < -0.3 is 19.8 Å². The van der Waals surface area contributed by atoms with E-state index >= 15 is 0 Å². The molecule has 0 saturated carbocycles. The topological polar surface area (TPSA) is 75.3 Å². The van der Waals surface area contributed by atoms with Crippen LogP contribution in [0.1, 0.15) is 24.1 Å². The van der Waals surface area contributed by atoms with Crippen LogP contribution in [0.3, 0.4) is 0 Å². The molecule has 1 fully saturated rings. The van der Waals surface area contributed by atoms with Gasteiger partial charge in [-0.3, -0.25) is 4.90 Å². The number of aromatic amines is 1. The Morgan fingerprint density at radius 2 is 1.88 bits per heavy atom. The summed E-state index contributed by atoms with van der Waals surface area (Å²) in [6.07, 6.45) is 8.42. The van der Waals surface area contributed by atoms with Gasteiger partial charge in [-0.25, -0.2) is 9.97 Å². The first-order valence-corrected chi connectivity index (χ1v) is 11.8. The highest BCUT2D eigenvalue weighted by molar-refractivity contribution is 5.94. The number of ether oxygens (including phenoxy) is 2. The predicted octanol–water partition coefficient (Wildman–Crippen LogP) is 5.51. The van der Waals surface area contributed by atoms with E-state index < -0.39 is 0 Å². The highest BCUT2D eigenvalue weighted by Gasteiger charge is 2.13. The standard InChI is InChI=1S/C27H31N5O2/c1-18-19(2)30-23-9-8-20(14-21(18)23)31-27-22-15-25(33-3)26(16-24(22)28-17-29-27)34-13-7-6-12-32-10-4-5-11-32/h6-9,14-17,30H,4-5,10-13H2,1-3H3,(H,28,29,31)/b7-6+. The van der Waals surface area contributed by atoms with Crippen LogP contribution in [-0.2, 0) is 0 Å². The molecule has 0 atom stereocenters. The molecule has 1 aliphatic rings. The Morgan fingerprint density at radius 3 is 2.71 bits per heavy atom. The van der Waals surface area contributed by atoms with Crippen molar-refractivity contribution in [1.29, 1.82) is 0 Å². The molecular formula is C27H31N5O2. The van der Waals surface area contributed by atoms with Gasteiger partial charge in [0.05, 0.1) is 12.6 Å². The van der Waals surface area contributed by atoms with Gasteiger partial charge in [-0.1, -0.05) is 12.2 Å². The van der Waals surface area contributed by atoms with Crippen LogP contribution in [-0.4, -0.2) is 53.2 Å². The van der Waals surface area contributed by atoms with Gasteiger partial charge in [0.25, 0.3) is 0 Å². The second-order valence-corrected chi connectivity index (χ2v) is 8.79. The fourth-order valence-corrected chi connectivity index (χ4v) is 4.51. The van der Waals surface area contributed by atoms with Gasteiger partial charge in [0, 0.05) is 40.3 Å². The fourth-order valence-electron chi connectivity index (χ4n) is 4.51. The molecule has 7 nitrogen and oxygen atoms in total. The molecule has 0 unspecified atom stereocenters. The molecule has 2 aromatic heterocycles. The SMILES string of the molecule is COc1cc2c(Nc3ccc4[nH]c(C)c(C)c4c3)ncnc2cc1OC/C=C/CN1CCCC1.